The van der Waals surface area contributed by atoms with Gasteiger partial charge in [-0.05, 0) is 0 Å². The summed E-state index contributed by atoms with van der Waals surface area (Å²) < 4.78 is 4.80. The van der Waals surface area contributed by atoms with Gasteiger partial charge >= 0.3 is 0 Å². The standard InChI is InChI=1S/C9H16N4O3/c1-13(3-6(14)4-16-2)8-7(10)9(15)12-5-11-8/h5-6,14H,3-4,10H2,1-2H3,(H,11,12,15). The molecule has 0 aromatic carbocycles. The van der Waals surface area contributed by atoms with Crippen molar-refractivity contribution < 1.29 is 9.84 Å². The van der Waals surface area contributed by atoms with Crippen LogP contribution in [0.25, 0.3) is 0 Å². The maximum atomic E-state index is 11.2. The van der Waals surface area contributed by atoms with Gasteiger partial charge in [0.15, 0.2) is 5.82 Å². The van der Waals surface area contributed by atoms with E-state index in [1.165, 1.54) is 13.4 Å². The summed E-state index contributed by atoms with van der Waals surface area (Å²) in [5, 5.41) is 9.52. The number of hydrogen-bond acceptors (Lipinski definition) is 6. The number of anilines is 2. The molecule has 0 radical (unpaired) electrons. The van der Waals surface area contributed by atoms with Crippen LogP contribution in [-0.2, 0) is 4.74 Å². The van der Waals surface area contributed by atoms with E-state index in [4.69, 9.17) is 10.5 Å². The Morgan fingerprint density at radius 2 is 2.44 bits per heavy atom. The number of rotatable bonds is 5. The molecule has 0 aliphatic carbocycles. The molecule has 1 aromatic rings. The van der Waals surface area contributed by atoms with Gasteiger partial charge in [0.25, 0.3) is 5.56 Å². The van der Waals surface area contributed by atoms with E-state index < -0.39 is 11.7 Å². The van der Waals surface area contributed by atoms with Gasteiger partial charge in [0.2, 0.25) is 0 Å². The Hall–Kier alpha value is -1.60. The van der Waals surface area contributed by atoms with E-state index in [1.54, 1.807) is 11.9 Å². The molecule has 7 heteroatoms. The number of aromatic nitrogens is 2. The zero-order valence-corrected chi connectivity index (χ0v) is 9.30. The van der Waals surface area contributed by atoms with E-state index in [0.717, 1.165) is 0 Å². The molecule has 0 saturated heterocycles. The summed E-state index contributed by atoms with van der Waals surface area (Å²) in [6.45, 7) is 0.502. The van der Waals surface area contributed by atoms with Crippen LogP contribution in [0.1, 0.15) is 0 Å². The van der Waals surface area contributed by atoms with Crippen LogP contribution in [0.5, 0.6) is 0 Å². The number of nitrogens with two attached hydrogens (primary N) is 1. The number of nitrogens with one attached hydrogen (secondary N) is 1. The lowest BCUT2D eigenvalue weighted by molar-refractivity contribution is 0.0694. The molecule has 0 amide bonds. The maximum absolute atomic E-state index is 11.2. The largest absolute Gasteiger partial charge is 0.391 e. The highest BCUT2D eigenvalue weighted by atomic mass is 16.5. The van der Waals surface area contributed by atoms with Crippen molar-refractivity contribution in [2.24, 2.45) is 0 Å². The molecule has 0 aliphatic heterocycles. The first-order chi connectivity index (χ1) is 7.56. The molecule has 0 spiro atoms. The van der Waals surface area contributed by atoms with Crippen LogP contribution in [0.15, 0.2) is 11.1 Å². The number of nitrogen functional groups attached to an aromatic ring is 1. The second-order valence-corrected chi connectivity index (χ2v) is 3.46. The smallest absolute Gasteiger partial charge is 0.276 e. The predicted octanol–water partition coefficient (Wildman–Crippen LogP) is -1.20. The van der Waals surface area contributed by atoms with Gasteiger partial charge in [-0.3, -0.25) is 4.79 Å². The molecular formula is C9H16N4O3. The Bertz CT molecular complexity index is 393. The highest BCUT2D eigenvalue weighted by Crippen LogP contribution is 2.12. The van der Waals surface area contributed by atoms with Crippen LogP contribution in [0, 0.1) is 0 Å². The van der Waals surface area contributed by atoms with Gasteiger partial charge in [0.05, 0.1) is 19.0 Å². The first kappa shape index (κ1) is 12.5. The normalized spacial score (nSPS) is 12.4. The second-order valence-electron chi connectivity index (χ2n) is 3.46. The second kappa shape index (κ2) is 5.47. The fourth-order valence-electron chi connectivity index (χ4n) is 1.35. The first-order valence-electron chi connectivity index (χ1n) is 4.77. The number of nitrogens with zero attached hydrogens (tertiary/aromatic N) is 2. The molecule has 1 unspecified atom stereocenters. The molecule has 1 atom stereocenters. The van der Waals surface area contributed by atoms with Crippen LogP contribution in [0.3, 0.4) is 0 Å². The van der Waals surface area contributed by atoms with Gasteiger partial charge in [-0.25, -0.2) is 4.98 Å². The summed E-state index contributed by atoms with van der Waals surface area (Å²) in [7, 11) is 3.19. The number of H-pyrrole nitrogens is 1. The van der Waals surface area contributed by atoms with E-state index in [2.05, 4.69) is 9.97 Å². The van der Waals surface area contributed by atoms with Crippen LogP contribution in [0.4, 0.5) is 11.5 Å². The quantitative estimate of drug-likeness (QED) is 0.584. The molecule has 4 N–H and O–H groups in total. The van der Waals surface area contributed by atoms with Gasteiger partial charge in [0.1, 0.15) is 5.69 Å². The molecule has 7 nitrogen and oxygen atoms in total. The number of likely N-dealkylation sites (N-methyl/N-ethyl adjacent to an activating group) is 1. The molecule has 0 saturated carbocycles. The highest BCUT2D eigenvalue weighted by molar-refractivity contribution is 5.60. The minimum absolute atomic E-state index is 0.0367. The molecular weight excluding hydrogens is 212 g/mol. The molecule has 1 rings (SSSR count). The van der Waals surface area contributed by atoms with Gasteiger partial charge < -0.3 is 25.5 Å². The zero-order valence-electron chi connectivity index (χ0n) is 9.30. The van der Waals surface area contributed by atoms with Crippen molar-refractivity contribution in [1.29, 1.82) is 0 Å². The average molecular weight is 228 g/mol. The number of methoxy groups -OCH3 is 1. The van der Waals surface area contributed by atoms with Crippen molar-refractivity contribution in [3.63, 3.8) is 0 Å². The molecule has 1 heterocycles. The van der Waals surface area contributed by atoms with E-state index >= 15 is 0 Å². The molecule has 90 valence electrons. The lowest BCUT2D eigenvalue weighted by atomic mass is 10.3. The number of aliphatic hydroxyl groups excluding tert-OH is 1. The number of aliphatic hydroxyl groups is 1. The third kappa shape index (κ3) is 2.94. The summed E-state index contributed by atoms with van der Waals surface area (Å²) in [5.74, 6) is 0.346. The van der Waals surface area contributed by atoms with Crippen LogP contribution in [-0.4, -0.2) is 48.5 Å². The molecule has 1 aromatic heterocycles. The van der Waals surface area contributed by atoms with Gasteiger partial charge in [-0.2, -0.15) is 0 Å². The Balaban J connectivity index is 2.76. The minimum Gasteiger partial charge on any atom is -0.391 e. The number of hydrogen-bond donors (Lipinski definition) is 3. The van der Waals surface area contributed by atoms with Crippen molar-refractivity contribution in [2.75, 3.05) is 37.9 Å². The molecule has 0 fully saturated rings. The zero-order chi connectivity index (χ0) is 12.1. The van der Waals surface area contributed by atoms with Crippen LogP contribution < -0.4 is 16.2 Å². The SMILES string of the molecule is COCC(O)CN(C)c1nc[nH]c(=O)c1N. The van der Waals surface area contributed by atoms with Crippen molar-refractivity contribution in [2.45, 2.75) is 6.10 Å². The third-order valence-corrected chi connectivity index (χ3v) is 2.07. The predicted molar refractivity (Wildman–Crippen MR) is 60.4 cm³/mol. The summed E-state index contributed by atoms with van der Waals surface area (Å²) in [6.07, 6.45) is 0.614. The Morgan fingerprint density at radius 3 is 3.06 bits per heavy atom. The maximum Gasteiger partial charge on any atom is 0.276 e. The number of aromatic amines is 1. The van der Waals surface area contributed by atoms with Crippen molar-refractivity contribution in [1.82, 2.24) is 9.97 Å². The van der Waals surface area contributed by atoms with Crippen molar-refractivity contribution in [3.05, 3.63) is 16.7 Å². The number of ether oxygens (including phenoxy) is 1. The molecule has 0 aliphatic rings. The highest BCUT2D eigenvalue weighted by Gasteiger charge is 2.13. The van der Waals surface area contributed by atoms with Crippen molar-refractivity contribution in [3.8, 4) is 0 Å². The fourth-order valence-corrected chi connectivity index (χ4v) is 1.35. The summed E-state index contributed by atoms with van der Waals surface area (Å²) in [4.78, 5) is 19.1. The summed E-state index contributed by atoms with van der Waals surface area (Å²) in [6, 6.07) is 0. The Morgan fingerprint density at radius 1 is 1.75 bits per heavy atom. The fraction of sp³-hybridized carbons (Fsp3) is 0.556. The van der Waals surface area contributed by atoms with E-state index in [-0.39, 0.29) is 18.8 Å². The first-order valence-corrected chi connectivity index (χ1v) is 4.77. The monoisotopic (exact) mass is 228 g/mol. The van der Waals surface area contributed by atoms with Gasteiger partial charge in [-0.1, -0.05) is 0 Å². The van der Waals surface area contributed by atoms with Gasteiger partial charge in [-0.15, -0.1) is 0 Å². The van der Waals surface area contributed by atoms with E-state index in [9.17, 15) is 9.90 Å². The van der Waals surface area contributed by atoms with Gasteiger partial charge in [0, 0.05) is 20.7 Å². The molecule has 0 bridgehead atoms. The average Bonchev–Trinajstić information content (AvgIpc) is 2.22. The van der Waals surface area contributed by atoms with Crippen LogP contribution in [0.2, 0.25) is 0 Å². The lowest BCUT2D eigenvalue weighted by Crippen LogP contribution is -2.34. The Labute approximate surface area is 92.9 Å². The van der Waals surface area contributed by atoms with Crippen molar-refractivity contribution >= 4 is 11.5 Å². The third-order valence-electron chi connectivity index (χ3n) is 2.07. The minimum atomic E-state index is -0.657. The lowest BCUT2D eigenvalue weighted by Gasteiger charge is -2.21. The van der Waals surface area contributed by atoms with E-state index in [1.807, 2.05) is 0 Å². The summed E-state index contributed by atoms with van der Waals surface area (Å²) in [5.41, 5.74) is 5.22. The topological polar surface area (TPSA) is 104 Å². The summed E-state index contributed by atoms with van der Waals surface area (Å²) >= 11 is 0. The molecule has 16 heavy (non-hydrogen) atoms. The van der Waals surface area contributed by atoms with E-state index in [0.29, 0.717) is 5.82 Å². The van der Waals surface area contributed by atoms with Crippen LogP contribution >= 0.6 is 0 Å². The Kier molecular flexibility index (Phi) is 4.27.